The summed E-state index contributed by atoms with van der Waals surface area (Å²) in [5, 5.41) is 12.6. The molecule has 1 aromatic carbocycles. The second-order valence-electron chi connectivity index (χ2n) is 6.61. The van der Waals surface area contributed by atoms with Gasteiger partial charge in [-0.2, -0.15) is 0 Å². The minimum atomic E-state index is -0.728. The van der Waals surface area contributed by atoms with Gasteiger partial charge in [-0.25, -0.2) is 4.39 Å². The normalized spacial score (nSPS) is 24.7. The first-order valence-corrected chi connectivity index (χ1v) is 9.63. The van der Waals surface area contributed by atoms with Crippen LogP contribution in [0.1, 0.15) is 29.3 Å². The molecule has 140 valence electrons. The van der Waals surface area contributed by atoms with Gasteiger partial charge in [-0.3, -0.25) is 9.59 Å². The number of hydrogen-bond acceptors (Lipinski definition) is 5. The Morgan fingerprint density at radius 3 is 2.67 bits per heavy atom. The Morgan fingerprint density at radius 1 is 1.26 bits per heavy atom. The van der Waals surface area contributed by atoms with Crippen LogP contribution < -0.4 is 0 Å². The Labute approximate surface area is 159 Å². The average molecular weight is 387 g/mol. The van der Waals surface area contributed by atoms with Crippen LogP contribution in [-0.4, -0.2) is 41.0 Å². The highest BCUT2D eigenvalue weighted by Gasteiger charge is 2.47. The van der Waals surface area contributed by atoms with Crippen molar-refractivity contribution in [3.63, 3.8) is 0 Å². The van der Waals surface area contributed by atoms with Gasteiger partial charge in [0.1, 0.15) is 11.6 Å². The molecule has 7 heteroatoms. The molecule has 3 heterocycles. The lowest BCUT2D eigenvalue weighted by atomic mass is 9.99. The number of ether oxygens (including phenoxy) is 1. The van der Waals surface area contributed by atoms with E-state index in [0.717, 1.165) is 17.7 Å². The van der Waals surface area contributed by atoms with Gasteiger partial charge < -0.3 is 14.7 Å². The lowest BCUT2D eigenvalue weighted by Crippen LogP contribution is -2.36. The molecule has 1 N–H and O–H groups in total. The molecule has 27 heavy (non-hydrogen) atoms. The van der Waals surface area contributed by atoms with Crippen LogP contribution in [0.25, 0.3) is 5.76 Å². The van der Waals surface area contributed by atoms with Crippen molar-refractivity contribution in [3.05, 3.63) is 63.6 Å². The Morgan fingerprint density at radius 2 is 2.04 bits per heavy atom. The molecule has 0 aliphatic carbocycles. The molecule has 2 fully saturated rings. The zero-order valence-corrected chi connectivity index (χ0v) is 15.2. The number of amides is 1. The minimum absolute atomic E-state index is 0.0343. The fraction of sp³-hybridized carbons (Fsp3) is 0.300. The van der Waals surface area contributed by atoms with Crippen molar-refractivity contribution in [2.75, 3.05) is 13.2 Å². The molecule has 2 atom stereocenters. The molecule has 2 aliphatic rings. The number of aliphatic hydroxyl groups excluding tert-OH is 1. The molecular weight excluding hydrogens is 369 g/mol. The number of likely N-dealkylation sites (tertiary alicyclic amines) is 1. The first-order chi connectivity index (χ1) is 13.1. The van der Waals surface area contributed by atoms with Crippen LogP contribution in [0.5, 0.6) is 0 Å². The standard InChI is InChI=1S/C20H18FNO4S/c21-13-7-5-12(6-8-13)18(23)16-17(15-4-2-10-27-15)22(20(25)19(16)24)11-14-3-1-9-26-14/h2,4-8,10,14,17,23H,1,3,9,11H2. The second-order valence-corrected chi connectivity index (χ2v) is 7.59. The molecule has 0 radical (unpaired) electrons. The van der Waals surface area contributed by atoms with E-state index in [-0.39, 0.29) is 17.4 Å². The zero-order valence-electron chi connectivity index (χ0n) is 14.4. The number of benzene rings is 1. The number of rotatable bonds is 4. The van der Waals surface area contributed by atoms with Gasteiger partial charge in [0.25, 0.3) is 11.7 Å². The summed E-state index contributed by atoms with van der Waals surface area (Å²) in [7, 11) is 0. The quantitative estimate of drug-likeness (QED) is 0.495. The Hall–Kier alpha value is -2.51. The third-order valence-corrected chi connectivity index (χ3v) is 5.82. The molecule has 0 bridgehead atoms. The number of carbonyl (C=O) groups excluding carboxylic acids is 2. The molecule has 0 spiro atoms. The third-order valence-electron chi connectivity index (χ3n) is 4.89. The summed E-state index contributed by atoms with van der Waals surface area (Å²) in [6.07, 6.45) is 1.64. The zero-order chi connectivity index (χ0) is 19.0. The first kappa shape index (κ1) is 17.9. The minimum Gasteiger partial charge on any atom is -0.507 e. The van der Waals surface area contributed by atoms with Crippen LogP contribution in [-0.2, 0) is 14.3 Å². The van der Waals surface area contributed by atoms with Crippen molar-refractivity contribution in [2.24, 2.45) is 0 Å². The van der Waals surface area contributed by atoms with Crippen LogP contribution in [0.2, 0.25) is 0 Å². The summed E-state index contributed by atoms with van der Waals surface area (Å²) in [4.78, 5) is 27.7. The van der Waals surface area contributed by atoms with E-state index >= 15 is 0 Å². The number of Topliss-reactive ketones (excluding diaryl/α,β-unsaturated/α-hetero) is 1. The van der Waals surface area contributed by atoms with Crippen molar-refractivity contribution in [2.45, 2.75) is 25.0 Å². The van der Waals surface area contributed by atoms with Crippen LogP contribution in [0.15, 0.2) is 47.4 Å². The highest BCUT2D eigenvalue weighted by molar-refractivity contribution is 7.10. The molecule has 2 unspecified atom stereocenters. The summed E-state index contributed by atoms with van der Waals surface area (Å²) >= 11 is 1.41. The van der Waals surface area contributed by atoms with E-state index in [1.165, 1.54) is 40.5 Å². The maximum Gasteiger partial charge on any atom is 0.295 e. The maximum absolute atomic E-state index is 13.2. The number of ketones is 1. The number of nitrogens with zero attached hydrogens (tertiary/aromatic N) is 1. The molecule has 2 saturated heterocycles. The third kappa shape index (κ3) is 3.28. The Balaban J connectivity index is 1.78. The Kier molecular flexibility index (Phi) is 4.80. The van der Waals surface area contributed by atoms with Crippen LogP contribution >= 0.6 is 11.3 Å². The van der Waals surface area contributed by atoms with E-state index in [1.54, 1.807) is 0 Å². The lowest BCUT2D eigenvalue weighted by molar-refractivity contribution is -0.140. The number of thiophene rings is 1. The van der Waals surface area contributed by atoms with E-state index in [4.69, 9.17) is 4.74 Å². The van der Waals surface area contributed by atoms with Crippen molar-refractivity contribution >= 4 is 28.8 Å². The van der Waals surface area contributed by atoms with Gasteiger partial charge >= 0.3 is 0 Å². The number of carbonyl (C=O) groups is 2. The van der Waals surface area contributed by atoms with Crippen molar-refractivity contribution < 1.29 is 23.8 Å². The van der Waals surface area contributed by atoms with E-state index in [9.17, 15) is 19.1 Å². The SMILES string of the molecule is O=C1C(=O)N(CC2CCCO2)C(c2cccs2)C1=C(O)c1ccc(F)cc1. The van der Waals surface area contributed by atoms with Gasteiger partial charge in [0.2, 0.25) is 0 Å². The highest BCUT2D eigenvalue weighted by atomic mass is 32.1. The number of hydrogen-bond donors (Lipinski definition) is 1. The van der Waals surface area contributed by atoms with E-state index in [2.05, 4.69) is 0 Å². The lowest BCUT2D eigenvalue weighted by Gasteiger charge is -2.26. The molecule has 1 amide bonds. The monoisotopic (exact) mass is 387 g/mol. The molecule has 2 aromatic rings. The molecular formula is C20H18FNO4S. The molecule has 1 aromatic heterocycles. The van der Waals surface area contributed by atoms with Crippen molar-refractivity contribution in [3.8, 4) is 0 Å². The summed E-state index contributed by atoms with van der Waals surface area (Å²) in [5.41, 5.74) is 0.333. The van der Waals surface area contributed by atoms with Gasteiger partial charge in [-0.05, 0) is 48.6 Å². The van der Waals surface area contributed by atoms with Crippen molar-refractivity contribution in [1.82, 2.24) is 4.90 Å². The molecule has 5 nitrogen and oxygen atoms in total. The summed E-state index contributed by atoms with van der Waals surface area (Å²) < 4.78 is 18.9. The first-order valence-electron chi connectivity index (χ1n) is 8.75. The van der Waals surface area contributed by atoms with Gasteiger partial charge in [0.05, 0.1) is 17.7 Å². The summed E-state index contributed by atoms with van der Waals surface area (Å²) in [6, 6.07) is 8.20. The van der Waals surface area contributed by atoms with E-state index in [1.807, 2.05) is 17.5 Å². The van der Waals surface area contributed by atoms with Crippen LogP contribution in [0, 0.1) is 5.82 Å². The van der Waals surface area contributed by atoms with E-state index in [0.29, 0.717) is 18.7 Å². The number of halogens is 1. The largest absolute Gasteiger partial charge is 0.507 e. The number of aliphatic hydroxyl groups is 1. The predicted molar refractivity (Wildman–Crippen MR) is 98.7 cm³/mol. The Bertz CT molecular complexity index is 885. The van der Waals surface area contributed by atoms with Gasteiger partial charge in [0, 0.05) is 23.6 Å². The topological polar surface area (TPSA) is 66.8 Å². The predicted octanol–water partition coefficient (Wildman–Crippen LogP) is 3.49. The fourth-order valence-electron chi connectivity index (χ4n) is 3.58. The second kappa shape index (κ2) is 7.25. The maximum atomic E-state index is 13.2. The van der Waals surface area contributed by atoms with Crippen LogP contribution in [0.3, 0.4) is 0 Å². The fourth-order valence-corrected chi connectivity index (χ4v) is 4.43. The highest BCUT2D eigenvalue weighted by Crippen LogP contribution is 2.41. The van der Waals surface area contributed by atoms with E-state index < -0.39 is 23.5 Å². The average Bonchev–Trinajstić information content (AvgIpc) is 3.40. The van der Waals surface area contributed by atoms with Crippen LogP contribution in [0.4, 0.5) is 4.39 Å². The summed E-state index contributed by atoms with van der Waals surface area (Å²) in [6.45, 7) is 0.946. The van der Waals surface area contributed by atoms with Gasteiger partial charge in [0.15, 0.2) is 0 Å². The van der Waals surface area contributed by atoms with Gasteiger partial charge in [-0.15, -0.1) is 11.3 Å². The van der Waals surface area contributed by atoms with Gasteiger partial charge in [-0.1, -0.05) is 6.07 Å². The van der Waals surface area contributed by atoms with Crippen molar-refractivity contribution in [1.29, 1.82) is 0 Å². The smallest absolute Gasteiger partial charge is 0.295 e. The molecule has 4 rings (SSSR count). The molecule has 0 saturated carbocycles. The molecule has 2 aliphatic heterocycles. The summed E-state index contributed by atoms with van der Waals surface area (Å²) in [5.74, 6) is -2.11.